The molecule has 3 heterocycles. The van der Waals surface area contributed by atoms with Gasteiger partial charge in [-0.2, -0.15) is 9.83 Å². The van der Waals surface area contributed by atoms with Gasteiger partial charge >= 0.3 is 0 Å². The van der Waals surface area contributed by atoms with E-state index >= 15 is 0 Å². The molecule has 0 spiro atoms. The number of ether oxygens (including phenoxy) is 1. The maximum Gasteiger partial charge on any atom is 0.188 e. The molecule has 0 amide bonds. The quantitative estimate of drug-likeness (QED) is 0.504. The summed E-state index contributed by atoms with van der Waals surface area (Å²) >= 11 is 0. The highest BCUT2D eigenvalue weighted by Crippen LogP contribution is 2.28. The first kappa shape index (κ1) is 11.7. The molecule has 5 heteroatoms. The fourth-order valence-electron chi connectivity index (χ4n) is 2.86. The molecule has 1 unspecified atom stereocenters. The third-order valence-corrected chi connectivity index (χ3v) is 3.90. The Bertz CT molecular complexity index is 775. The minimum Gasteiger partial charge on any atom is -0.619 e. The Morgan fingerprint density at radius 2 is 2.20 bits per heavy atom. The predicted octanol–water partition coefficient (Wildman–Crippen LogP) is 2.52. The van der Waals surface area contributed by atoms with Crippen LogP contribution in [0.25, 0.3) is 21.7 Å². The summed E-state index contributed by atoms with van der Waals surface area (Å²) in [5, 5.41) is 18.9. The van der Waals surface area contributed by atoms with Crippen molar-refractivity contribution >= 4 is 21.7 Å². The van der Waals surface area contributed by atoms with Gasteiger partial charge in [0.2, 0.25) is 0 Å². The van der Waals surface area contributed by atoms with Crippen molar-refractivity contribution in [1.82, 2.24) is 9.78 Å². The molecule has 1 aromatic carbocycles. The monoisotopic (exact) mass is 269 g/mol. The molecule has 2 aromatic heterocycles. The van der Waals surface area contributed by atoms with Gasteiger partial charge in [-0.1, -0.05) is 0 Å². The van der Waals surface area contributed by atoms with E-state index in [-0.39, 0.29) is 6.23 Å². The van der Waals surface area contributed by atoms with E-state index < -0.39 is 0 Å². The van der Waals surface area contributed by atoms with Crippen LogP contribution in [-0.2, 0) is 4.74 Å². The number of fused-ring (bicyclic) bond motifs is 2. The third-order valence-electron chi connectivity index (χ3n) is 3.90. The van der Waals surface area contributed by atoms with Crippen LogP contribution in [0.1, 0.15) is 25.5 Å². The van der Waals surface area contributed by atoms with Crippen LogP contribution in [-0.4, -0.2) is 16.4 Å². The van der Waals surface area contributed by atoms with E-state index in [0.717, 1.165) is 45.9 Å². The lowest BCUT2D eigenvalue weighted by Crippen LogP contribution is -2.23. The minimum atomic E-state index is 0.0155. The highest BCUT2D eigenvalue weighted by Gasteiger charge is 2.18. The summed E-state index contributed by atoms with van der Waals surface area (Å²) < 4.78 is 8.57. The first-order valence-corrected chi connectivity index (χ1v) is 6.93. The van der Waals surface area contributed by atoms with E-state index in [4.69, 9.17) is 4.74 Å². The molecule has 0 radical (unpaired) electrons. The lowest BCUT2D eigenvalue weighted by atomic mass is 10.1. The zero-order valence-corrected chi connectivity index (χ0v) is 11.0. The van der Waals surface area contributed by atoms with Gasteiger partial charge in [0, 0.05) is 23.4 Å². The van der Waals surface area contributed by atoms with E-state index in [1.165, 1.54) is 12.6 Å². The Morgan fingerprint density at radius 1 is 1.25 bits per heavy atom. The highest BCUT2D eigenvalue weighted by atomic mass is 16.5. The molecule has 20 heavy (non-hydrogen) atoms. The summed E-state index contributed by atoms with van der Waals surface area (Å²) in [5.74, 6) is 0. The van der Waals surface area contributed by atoms with Gasteiger partial charge in [0.25, 0.3) is 0 Å². The zero-order valence-electron chi connectivity index (χ0n) is 11.0. The van der Waals surface area contributed by atoms with Crippen LogP contribution < -0.4 is 4.73 Å². The largest absolute Gasteiger partial charge is 0.619 e. The average molecular weight is 269 g/mol. The number of nitrogens with zero attached hydrogens (tertiary/aromatic N) is 3. The average Bonchev–Trinajstić information content (AvgIpc) is 2.88. The summed E-state index contributed by atoms with van der Waals surface area (Å²) in [6.45, 7) is 0.792. The van der Waals surface area contributed by atoms with E-state index in [2.05, 4.69) is 11.2 Å². The summed E-state index contributed by atoms with van der Waals surface area (Å²) in [7, 11) is 0. The molecular weight excluding hydrogens is 254 g/mol. The first-order valence-electron chi connectivity index (χ1n) is 6.93. The maximum atomic E-state index is 11.4. The van der Waals surface area contributed by atoms with Crippen molar-refractivity contribution in [2.75, 3.05) is 6.61 Å². The van der Waals surface area contributed by atoms with Crippen molar-refractivity contribution in [2.45, 2.75) is 25.5 Å². The fourth-order valence-corrected chi connectivity index (χ4v) is 2.86. The predicted molar refractivity (Wildman–Crippen MR) is 75.0 cm³/mol. The summed E-state index contributed by atoms with van der Waals surface area (Å²) in [5.41, 5.74) is 1.02. The molecule has 1 atom stereocenters. The standard InChI is InChI=1S/C15H15N3O2/c19-17-5-4-11-7-12-9-16-18(14(12)8-13(11)10-17)15-3-1-2-6-20-15/h4-5,7-10,15H,1-3,6H2. The van der Waals surface area contributed by atoms with E-state index in [1.54, 1.807) is 6.20 Å². The van der Waals surface area contributed by atoms with Crippen molar-refractivity contribution in [2.24, 2.45) is 0 Å². The fraction of sp³-hybridized carbons (Fsp3) is 0.333. The van der Waals surface area contributed by atoms with Gasteiger partial charge in [-0.3, -0.25) is 0 Å². The first-order chi connectivity index (χ1) is 9.81. The van der Waals surface area contributed by atoms with Crippen LogP contribution in [0.2, 0.25) is 0 Å². The van der Waals surface area contributed by atoms with Crippen molar-refractivity contribution in [1.29, 1.82) is 0 Å². The second-order valence-electron chi connectivity index (χ2n) is 5.26. The molecule has 5 nitrogen and oxygen atoms in total. The summed E-state index contributed by atoms with van der Waals surface area (Å²) in [4.78, 5) is 0. The number of hydrogen-bond donors (Lipinski definition) is 0. The molecule has 1 aliphatic heterocycles. The maximum absolute atomic E-state index is 11.4. The molecule has 0 N–H and O–H groups in total. The van der Waals surface area contributed by atoms with Crippen molar-refractivity contribution in [3.63, 3.8) is 0 Å². The number of hydrogen-bond acceptors (Lipinski definition) is 3. The SMILES string of the molecule is [O-][n+]1ccc2cc3cnn(C4CCCCO4)c3cc2c1. The topological polar surface area (TPSA) is 54.0 Å². The van der Waals surface area contributed by atoms with E-state index in [1.807, 2.05) is 23.0 Å². The van der Waals surface area contributed by atoms with Gasteiger partial charge in [0.05, 0.1) is 11.7 Å². The van der Waals surface area contributed by atoms with Gasteiger partial charge in [-0.15, -0.1) is 0 Å². The van der Waals surface area contributed by atoms with Crippen molar-refractivity contribution in [3.05, 3.63) is 42.0 Å². The molecule has 0 aliphatic carbocycles. The molecular formula is C15H15N3O2. The molecule has 1 saturated heterocycles. The van der Waals surface area contributed by atoms with Crippen LogP contribution in [0.15, 0.2) is 36.8 Å². The van der Waals surface area contributed by atoms with Crippen molar-refractivity contribution in [3.8, 4) is 0 Å². The number of pyridine rings is 1. The lowest BCUT2D eigenvalue weighted by Gasteiger charge is -2.23. The van der Waals surface area contributed by atoms with Gasteiger partial charge in [0.1, 0.15) is 0 Å². The molecule has 102 valence electrons. The summed E-state index contributed by atoms with van der Waals surface area (Å²) in [6, 6.07) is 5.91. The Balaban J connectivity index is 1.89. The minimum absolute atomic E-state index is 0.0155. The summed E-state index contributed by atoms with van der Waals surface area (Å²) in [6.07, 6.45) is 8.27. The van der Waals surface area contributed by atoms with Crippen molar-refractivity contribution < 1.29 is 9.47 Å². The number of benzene rings is 1. The van der Waals surface area contributed by atoms with E-state index in [0.29, 0.717) is 0 Å². The van der Waals surface area contributed by atoms with Crippen LogP contribution in [0.4, 0.5) is 0 Å². The van der Waals surface area contributed by atoms with E-state index in [9.17, 15) is 5.21 Å². The molecule has 1 fully saturated rings. The Hall–Kier alpha value is -2.14. The van der Waals surface area contributed by atoms with Crippen LogP contribution >= 0.6 is 0 Å². The van der Waals surface area contributed by atoms with Gasteiger partial charge in [-0.05, 0) is 36.8 Å². The molecule has 4 rings (SSSR count). The second kappa shape index (κ2) is 4.45. The Labute approximate surface area is 116 Å². The number of aromatic nitrogens is 3. The molecule has 0 saturated carbocycles. The van der Waals surface area contributed by atoms with Gasteiger partial charge in [-0.25, -0.2) is 4.68 Å². The van der Waals surface area contributed by atoms with Crippen LogP contribution in [0.3, 0.4) is 0 Å². The molecule has 0 bridgehead atoms. The Morgan fingerprint density at radius 3 is 3.05 bits per heavy atom. The highest BCUT2D eigenvalue weighted by molar-refractivity contribution is 5.95. The smallest absolute Gasteiger partial charge is 0.188 e. The Kier molecular flexibility index (Phi) is 2.60. The number of rotatable bonds is 1. The lowest BCUT2D eigenvalue weighted by molar-refractivity contribution is -0.603. The third kappa shape index (κ3) is 1.82. The van der Waals surface area contributed by atoms with Crippen LogP contribution in [0, 0.1) is 5.21 Å². The normalized spacial score (nSPS) is 19.7. The van der Waals surface area contributed by atoms with Gasteiger partial charge < -0.3 is 9.94 Å². The second-order valence-corrected chi connectivity index (χ2v) is 5.26. The van der Waals surface area contributed by atoms with Gasteiger partial charge in [0.15, 0.2) is 18.6 Å². The van der Waals surface area contributed by atoms with Crippen LogP contribution in [0.5, 0.6) is 0 Å². The molecule has 1 aliphatic rings. The molecule has 3 aromatic rings. The zero-order chi connectivity index (χ0) is 13.5.